The van der Waals surface area contributed by atoms with E-state index < -0.39 is 5.91 Å². The lowest BCUT2D eigenvalue weighted by molar-refractivity contribution is -0.119. The maximum absolute atomic E-state index is 10.8. The van der Waals surface area contributed by atoms with E-state index in [1.807, 2.05) is 18.2 Å². The number of rotatable bonds is 8. The zero-order valence-electron chi connectivity index (χ0n) is 13.3. The summed E-state index contributed by atoms with van der Waals surface area (Å²) in [5.74, 6) is 0.239. The summed E-state index contributed by atoms with van der Waals surface area (Å²) >= 11 is 0. The van der Waals surface area contributed by atoms with Gasteiger partial charge >= 0.3 is 0 Å². The molecular formula is C17H26N2O3. The van der Waals surface area contributed by atoms with E-state index in [0.717, 1.165) is 26.1 Å². The molecule has 0 unspecified atom stereocenters. The van der Waals surface area contributed by atoms with Crippen LogP contribution in [0.25, 0.3) is 0 Å². The fourth-order valence-electron chi connectivity index (χ4n) is 2.97. The van der Waals surface area contributed by atoms with Crippen molar-refractivity contribution in [3.63, 3.8) is 0 Å². The number of ether oxygens (including phenoxy) is 2. The zero-order chi connectivity index (χ0) is 15.8. The van der Waals surface area contributed by atoms with Gasteiger partial charge in [0.15, 0.2) is 6.61 Å². The molecule has 0 aromatic heterocycles. The van der Waals surface area contributed by atoms with Gasteiger partial charge in [0, 0.05) is 26.3 Å². The Kier molecular flexibility index (Phi) is 6.68. The number of carbonyl (C=O) groups excluding carboxylic acids is 1. The second-order valence-corrected chi connectivity index (χ2v) is 5.80. The van der Waals surface area contributed by atoms with Crippen LogP contribution in [0.3, 0.4) is 0 Å². The highest BCUT2D eigenvalue weighted by atomic mass is 16.5. The van der Waals surface area contributed by atoms with E-state index in [9.17, 15) is 4.79 Å². The first-order valence-electron chi connectivity index (χ1n) is 7.92. The summed E-state index contributed by atoms with van der Waals surface area (Å²) in [6, 6.07) is 8.48. The fraction of sp³-hybridized carbons (Fsp3) is 0.588. The first-order valence-corrected chi connectivity index (χ1v) is 7.92. The molecule has 2 rings (SSSR count). The summed E-state index contributed by atoms with van der Waals surface area (Å²) in [5, 5.41) is 0. The molecule has 5 heteroatoms. The molecule has 2 N–H and O–H groups in total. The number of benzene rings is 1. The molecule has 0 saturated carbocycles. The van der Waals surface area contributed by atoms with E-state index >= 15 is 0 Å². The molecule has 1 aliphatic heterocycles. The minimum Gasteiger partial charge on any atom is -0.484 e. The third-order valence-corrected chi connectivity index (χ3v) is 4.07. The Labute approximate surface area is 132 Å². The lowest BCUT2D eigenvalue weighted by Crippen LogP contribution is -2.39. The van der Waals surface area contributed by atoms with Gasteiger partial charge in [0.05, 0.1) is 0 Å². The van der Waals surface area contributed by atoms with Gasteiger partial charge in [-0.05, 0) is 43.5 Å². The van der Waals surface area contributed by atoms with E-state index in [2.05, 4.69) is 11.0 Å². The largest absolute Gasteiger partial charge is 0.484 e. The molecule has 1 aromatic rings. The van der Waals surface area contributed by atoms with Crippen LogP contribution in [-0.4, -0.2) is 43.7 Å². The van der Waals surface area contributed by atoms with Gasteiger partial charge in [0.2, 0.25) is 0 Å². The van der Waals surface area contributed by atoms with Gasteiger partial charge in [0.25, 0.3) is 5.91 Å². The molecule has 5 nitrogen and oxygen atoms in total. The van der Waals surface area contributed by atoms with Crippen LogP contribution < -0.4 is 10.5 Å². The summed E-state index contributed by atoms with van der Waals surface area (Å²) in [6.07, 6.45) is 4.86. The van der Waals surface area contributed by atoms with Crippen molar-refractivity contribution in [2.75, 3.05) is 26.9 Å². The lowest BCUT2D eigenvalue weighted by atomic mass is 9.99. The number of hydrogen-bond donors (Lipinski definition) is 1. The molecular weight excluding hydrogens is 280 g/mol. The van der Waals surface area contributed by atoms with Crippen molar-refractivity contribution < 1.29 is 14.3 Å². The SMILES string of the molecule is COCC[C@@H]1CCCCN1Cc1cccc(OCC(N)=O)c1. The van der Waals surface area contributed by atoms with Crippen LogP contribution in [0.4, 0.5) is 0 Å². The second-order valence-electron chi connectivity index (χ2n) is 5.80. The van der Waals surface area contributed by atoms with Gasteiger partial charge in [-0.2, -0.15) is 0 Å². The van der Waals surface area contributed by atoms with Crippen molar-refractivity contribution in [3.8, 4) is 5.75 Å². The van der Waals surface area contributed by atoms with E-state index in [4.69, 9.17) is 15.2 Å². The van der Waals surface area contributed by atoms with Crippen LogP contribution >= 0.6 is 0 Å². The van der Waals surface area contributed by atoms with Gasteiger partial charge in [-0.25, -0.2) is 0 Å². The number of likely N-dealkylation sites (tertiary alicyclic amines) is 1. The smallest absolute Gasteiger partial charge is 0.255 e. The van der Waals surface area contributed by atoms with Gasteiger partial charge in [-0.3, -0.25) is 9.69 Å². The number of carbonyl (C=O) groups is 1. The molecule has 122 valence electrons. The van der Waals surface area contributed by atoms with Crippen LogP contribution in [0.1, 0.15) is 31.2 Å². The average Bonchev–Trinajstić information content (AvgIpc) is 2.52. The zero-order valence-corrected chi connectivity index (χ0v) is 13.3. The Balaban J connectivity index is 1.95. The van der Waals surface area contributed by atoms with E-state index in [0.29, 0.717) is 11.8 Å². The molecule has 1 aromatic carbocycles. The summed E-state index contributed by atoms with van der Waals surface area (Å²) in [6.45, 7) is 2.76. The summed E-state index contributed by atoms with van der Waals surface area (Å²) in [4.78, 5) is 13.3. The number of piperidine rings is 1. The Hall–Kier alpha value is -1.59. The highest BCUT2D eigenvalue weighted by molar-refractivity contribution is 5.75. The minimum absolute atomic E-state index is 0.0797. The predicted molar refractivity (Wildman–Crippen MR) is 85.7 cm³/mol. The third kappa shape index (κ3) is 5.31. The van der Waals surface area contributed by atoms with E-state index in [-0.39, 0.29) is 6.61 Å². The van der Waals surface area contributed by atoms with Gasteiger partial charge < -0.3 is 15.2 Å². The van der Waals surface area contributed by atoms with Crippen LogP contribution in [0.2, 0.25) is 0 Å². The van der Waals surface area contributed by atoms with Crippen molar-refractivity contribution in [2.24, 2.45) is 5.73 Å². The Morgan fingerprint density at radius 2 is 2.27 bits per heavy atom. The monoisotopic (exact) mass is 306 g/mol. The molecule has 0 spiro atoms. The first kappa shape index (κ1) is 16.8. The Morgan fingerprint density at radius 3 is 3.05 bits per heavy atom. The lowest BCUT2D eigenvalue weighted by Gasteiger charge is -2.35. The van der Waals surface area contributed by atoms with Gasteiger partial charge in [0.1, 0.15) is 5.75 Å². The van der Waals surface area contributed by atoms with E-state index in [1.54, 1.807) is 7.11 Å². The molecule has 1 saturated heterocycles. The van der Waals surface area contributed by atoms with Crippen molar-refractivity contribution in [3.05, 3.63) is 29.8 Å². The number of primary amides is 1. The molecule has 1 aliphatic rings. The van der Waals surface area contributed by atoms with Crippen LogP contribution in [-0.2, 0) is 16.1 Å². The quantitative estimate of drug-likeness (QED) is 0.797. The van der Waals surface area contributed by atoms with Gasteiger partial charge in [-0.1, -0.05) is 18.6 Å². The molecule has 1 atom stereocenters. The maximum atomic E-state index is 10.8. The van der Waals surface area contributed by atoms with Crippen LogP contribution in [0, 0.1) is 0 Å². The predicted octanol–water partition coefficient (Wildman–Crippen LogP) is 1.94. The molecule has 1 heterocycles. The molecule has 0 radical (unpaired) electrons. The summed E-state index contributed by atoms with van der Waals surface area (Å²) in [5.41, 5.74) is 6.31. The highest BCUT2D eigenvalue weighted by Crippen LogP contribution is 2.23. The highest BCUT2D eigenvalue weighted by Gasteiger charge is 2.22. The summed E-state index contributed by atoms with van der Waals surface area (Å²) in [7, 11) is 1.76. The number of methoxy groups -OCH3 is 1. The first-order chi connectivity index (χ1) is 10.7. The normalized spacial score (nSPS) is 19.0. The molecule has 22 heavy (non-hydrogen) atoms. The summed E-state index contributed by atoms with van der Waals surface area (Å²) < 4.78 is 10.6. The fourth-order valence-corrected chi connectivity index (χ4v) is 2.97. The van der Waals surface area contributed by atoms with E-state index in [1.165, 1.54) is 24.8 Å². The number of nitrogens with two attached hydrogens (primary N) is 1. The van der Waals surface area contributed by atoms with Crippen molar-refractivity contribution in [1.29, 1.82) is 0 Å². The second kappa shape index (κ2) is 8.76. The Morgan fingerprint density at radius 1 is 1.41 bits per heavy atom. The van der Waals surface area contributed by atoms with Crippen molar-refractivity contribution in [2.45, 2.75) is 38.3 Å². The van der Waals surface area contributed by atoms with Crippen LogP contribution in [0.5, 0.6) is 5.75 Å². The molecule has 0 aliphatic carbocycles. The van der Waals surface area contributed by atoms with Crippen molar-refractivity contribution in [1.82, 2.24) is 4.90 Å². The maximum Gasteiger partial charge on any atom is 0.255 e. The van der Waals surface area contributed by atoms with Crippen molar-refractivity contribution >= 4 is 5.91 Å². The third-order valence-electron chi connectivity index (χ3n) is 4.07. The molecule has 0 bridgehead atoms. The topological polar surface area (TPSA) is 64.8 Å². The molecule has 1 amide bonds. The minimum atomic E-state index is -0.457. The standard InChI is InChI=1S/C17H26N2O3/c1-21-10-8-15-6-2-3-9-19(15)12-14-5-4-7-16(11-14)22-13-17(18)20/h4-5,7,11,15H,2-3,6,8-10,12-13H2,1H3,(H2,18,20)/t15-/m0/s1. The van der Waals surface area contributed by atoms with Crippen LogP contribution in [0.15, 0.2) is 24.3 Å². The number of hydrogen-bond acceptors (Lipinski definition) is 4. The van der Waals surface area contributed by atoms with Gasteiger partial charge in [-0.15, -0.1) is 0 Å². The number of nitrogens with zero attached hydrogens (tertiary/aromatic N) is 1. The average molecular weight is 306 g/mol. The Bertz CT molecular complexity index is 479. The number of amides is 1. The molecule has 1 fully saturated rings.